The van der Waals surface area contributed by atoms with Crippen molar-refractivity contribution < 1.29 is 9.21 Å². The van der Waals surface area contributed by atoms with Gasteiger partial charge < -0.3 is 14.6 Å². The summed E-state index contributed by atoms with van der Waals surface area (Å²) in [5, 5.41) is 4.31. The average molecular weight is 337 g/mol. The van der Waals surface area contributed by atoms with Crippen LogP contribution in [0.1, 0.15) is 24.4 Å². The standard InChI is InChI=1S/C15H17BrN2O2/c1-9-8-18(10(2)7-17-9)15(19)13-6-11-4-3-5-12(16)14(11)20-13/h3-6,9-10,17H,7-8H2,1-2H3. The highest BCUT2D eigenvalue weighted by Crippen LogP contribution is 2.28. The molecule has 0 spiro atoms. The third-order valence-corrected chi connectivity index (χ3v) is 4.36. The van der Waals surface area contributed by atoms with Crippen molar-refractivity contribution in [3.05, 3.63) is 34.5 Å². The minimum Gasteiger partial charge on any atom is -0.450 e. The van der Waals surface area contributed by atoms with Gasteiger partial charge in [0.05, 0.1) is 4.47 Å². The highest BCUT2D eigenvalue weighted by molar-refractivity contribution is 9.10. The SMILES string of the molecule is CC1CN(C(=O)c2cc3cccc(Br)c3o2)C(C)CN1. The van der Waals surface area contributed by atoms with Crippen LogP contribution in [0, 0.1) is 0 Å². The maximum absolute atomic E-state index is 12.6. The molecule has 1 aromatic heterocycles. The molecule has 2 aromatic rings. The molecule has 1 saturated heterocycles. The van der Waals surface area contributed by atoms with Crippen LogP contribution in [0.2, 0.25) is 0 Å². The summed E-state index contributed by atoms with van der Waals surface area (Å²) in [6.45, 7) is 5.66. The molecule has 2 unspecified atom stereocenters. The second-order valence-electron chi connectivity index (χ2n) is 5.38. The minimum absolute atomic E-state index is 0.0334. The van der Waals surface area contributed by atoms with Crippen LogP contribution in [0.15, 0.2) is 33.2 Å². The molecule has 0 radical (unpaired) electrons. The predicted molar refractivity (Wildman–Crippen MR) is 81.9 cm³/mol. The van der Waals surface area contributed by atoms with Crippen LogP contribution in [-0.2, 0) is 0 Å². The summed E-state index contributed by atoms with van der Waals surface area (Å²) in [4.78, 5) is 14.5. The number of nitrogens with zero attached hydrogens (tertiary/aromatic N) is 1. The predicted octanol–water partition coefficient (Wildman–Crippen LogP) is 3.02. The van der Waals surface area contributed by atoms with Crippen LogP contribution in [0.4, 0.5) is 0 Å². The Morgan fingerprint density at radius 1 is 1.45 bits per heavy atom. The number of fused-ring (bicyclic) bond motifs is 1. The molecule has 1 aromatic carbocycles. The van der Waals surface area contributed by atoms with E-state index in [2.05, 4.69) is 35.1 Å². The van der Waals surface area contributed by atoms with Crippen LogP contribution in [0.3, 0.4) is 0 Å². The van der Waals surface area contributed by atoms with E-state index in [0.29, 0.717) is 18.3 Å². The molecule has 1 aliphatic rings. The van der Waals surface area contributed by atoms with Crippen molar-refractivity contribution >= 4 is 32.8 Å². The van der Waals surface area contributed by atoms with Crippen molar-refractivity contribution in [2.24, 2.45) is 0 Å². The Balaban J connectivity index is 1.94. The van der Waals surface area contributed by atoms with Gasteiger partial charge in [-0.15, -0.1) is 0 Å². The van der Waals surface area contributed by atoms with Gasteiger partial charge in [-0.05, 0) is 41.9 Å². The first-order valence-electron chi connectivity index (χ1n) is 6.78. The molecule has 4 nitrogen and oxygen atoms in total. The van der Waals surface area contributed by atoms with Gasteiger partial charge in [0.2, 0.25) is 0 Å². The van der Waals surface area contributed by atoms with Gasteiger partial charge in [0.1, 0.15) is 5.58 Å². The normalized spacial score (nSPS) is 23.2. The van der Waals surface area contributed by atoms with Crippen LogP contribution < -0.4 is 5.32 Å². The summed E-state index contributed by atoms with van der Waals surface area (Å²) in [5.74, 6) is 0.377. The van der Waals surface area contributed by atoms with Crippen molar-refractivity contribution in [3.63, 3.8) is 0 Å². The fraction of sp³-hybridized carbons (Fsp3) is 0.400. The lowest BCUT2D eigenvalue weighted by Gasteiger charge is -2.37. The zero-order valence-corrected chi connectivity index (χ0v) is 13.1. The van der Waals surface area contributed by atoms with Gasteiger partial charge in [-0.25, -0.2) is 0 Å². The highest BCUT2D eigenvalue weighted by Gasteiger charge is 2.29. The van der Waals surface area contributed by atoms with Crippen molar-refractivity contribution in [2.75, 3.05) is 13.1 Å². The quantitative estimate of drug-likeness (QED) is 0.870. The maximum atomic E-state index is 12.6. The summed E-state index contributed by atoms with van der Waals surface area (Å²) in [6, 6.07) is 8.11. The second-order valence-corrected chi connectivity index (χ2v) is 6.24. The zero-order chi connectivity index (χ0) is 14.3. The second kappa shape index (κ2) is 5.22. The Bertz CT molecular complexity index is 652. The molecule has 1 fully saturated rings. The number of furan rings is 1. The van der Waals surface area contributed by atoms with Crippen molar-refractivity contribution in [1.29, 1.82) is 0 Å². The minimum atomic E-state index is -0.0334. The Labute approximate surface area is 126 Å². The van der Waals surface area contributed by atoms with E-state index in [4.69, 9.17) is 4.42 Å². The van der Waals surface area contributed by atoms with E-state index in [-0.39, 0.29) is 11.9 Å². The molecule has 3 rings (SSSR count). The summed E-state index contributed by atoms with van der Waals surface area (Å²) in [6.07, 6.45) is 0. The molecule has 106 valence electrons. The molecule has 20 heavy (non-hydrogen) atoms. The lowest BCUT2D eigenvalue weighted by molar-refractivity contribution is 0.0586. The topological polar surface area (TPSA) is 45.5 Å². The fourth-order valence-electron chi connectivity index (χ4n) is 2.58. The summed E-state index contributed by atoms with van der Waals surface area (Å²) in [5.41, 5.74) is 0.728. The number of rotatable bonds is 1. The van der Waals surface area contributed by atoms with Crippen LogP contribution >= 0.6 is 15.9 Å². The molecule has 0 saturated carbocycles. The Morgan fingerprint density at radius 3 is 3.00 bits per heavy atom. The fourth-order valence-corrected chi connectivity index (χ4v) is 3.04. The molecule has 0 aliphatic carbocycles. The Kier molecular flexibility index (Phi) is 3.56. The van der Waals surface area contributed by atoms with Gasteiger partial charge in [-0.3, -0.25) is 4.79 Å². The van der Waals surface area contributed by atoms with E-state index in [1.54, 1.807) is 0 Å². The Hall–Kier alpha value is -1.33. The monoisotopic (exact) mass is 336 g/mol. The number of piperazine rings is 1. The van der Waals surface area contributed by atoms with Gasteiger partial charge in [0, 0.05) is 30.6 Å². The largest absolute Gasteiger partial charge is 0.450 e. The van der Waals surface area contributed by atoms with Crippen LogP contribution in [-0.4, -0.2) is 36.0 Å². The van der Waals surface area contributed by atoms with Gasteiger partial charge >= 0.3 is 0 Å². The van der Waals surface area contributed by atoms with E-state index >= 15 is 0 Å². The zero-order valence-electron chi connectivity index (χ0n) is 11.5. The summed E-state index contributed by atoms with van der Waals surface area (Å²) < 4.78 is 6.61. The first-order valence-corrected chi connectivity index (χ1v) is 7.58. The van der Waals surface area contributed by atoms with E-state index in [9.17, 15) is 4.79 Å². The smallest absolute Gasteiger partial charge is 0.289 e. The number of carbonyl (C=O) groups excluding carboxylic acids is 1. The molecule has 5 heteroatoms. The molecule has 2 heterocycles. The van der Waals surface area contributed by atoms with E-state index in [1.807, 2.05) is 29.2 Å². The molecular weight excluding hydrogens is 320 g/mol. The van der Waals surface area contributed by atoms with Crippen LogP contribution in [0.5, 0.6) is 0 Å². The molecule has 1 amide bonds. The number of benzene rings is 1. The molecule has 2 atom stereocenters. The first kappa shape index (κ1) is 13.6. The van der Waals surface area contributed by atoms with E-state index in [1.165, 1.54) is 0 Å². The third kappa shape index (κ3) is 2.36. The number of amides is 1. The van der Waals surface area contributed by atoms with Gasteiger partial charge in [-0.2, -0.15) is 0 Å². The number of halogens is 1. The summed E-state index contributed by atoms with van der Waals surface area (Å²) in [7, 11) is 0. The van der Waals surface area contributed by atoms with E-state index < -0.39 is 0 Å². The van der Waals surface area contributed by atoms with Crippen molar-refractivity contribution in [2.45, 2.75) is 25.9 Å². The lowest BCUT2D eigenvalue weighted by atomic mass is 10.1. The molecule has 1 N–H and O–H groups in total. The first-order chi connectivity index (χ1) is 9.56. The van der Waals surface area contributed by atoms with Gasteiger partial charge in [-0.1, -0.05) is 12.1 Å². The van der Waals surface area contributed by atoms with Gasteiger partial charge in [0.25, 0.3) is 5.91 Å². The van der Waals surface area contributed by atoms with E-state index in [0.717, 1.165) is 22.0 Å². The number of para-hydroxylation sites is 1. The lowest BCUT2D eigenvalue weighted by Crippen LogP contribution is -2.56. The van der Waals surface area contributed by atoms with Gasteiger partial charge in [0.15, 0.2) is 5.76 Å². The molecule has 0 bridgehead atoms. The average Bonchev–Trinajstić information content (AvgIpc) is 2.86. The summed E-state index contributed by atoms with van der Waals surface area (Å²) >= 11 is 3.45. The van der Waals surface area contributed by atoms with Crippen molar-refractivity contribution in [3.8, 4) is 0 Å². The van der Waals surface area contributed by atoms with Crippen LogP contribution in [0.25, 0.3) is 11.0 Å². The number of carbonyl (C=O) groups is 1. The molecular formula is C15H17BrN2O2. The number of hydrogen-bond donors (Lipinski definition) is 1. The number of nitrogens with one attached hydrogen (secondary N) is 1. The van der Waals surface area contributed by atoms with Crippen molar-refractivity contribution in [1.82, 2.24) is 10.2 Å². The number of hydrogen-bond acceptors (Lipinski definition) is 3. The highest BCUT2D eigenvalue weighted by atomic mass is 79.9. The maximum Gasteiger partial charge on any atom is 0.289 e. The molecule has 1 aliphatic heterocycles. The third-order valence-electron chi connectivity index (χ3n) is 3.73. The Morgan fingerprint density at radius 2 is 2.25 bits per heavy atom.